The van der Waals surface area contributed by atoms with Gasteiger partial charge in [-0.2, -0.15) is 0 Å². The SMILES string of the molecule is CCOP(=[Te])(c1ccccc1)c1ccccc1. The van der Waals surface area contributed by atoms with Gasteiger partial charge in [0.15, 0.2) is 0 Å². The first-order chi connectivity index (χ1) is 8.27. The average molecular weight is 358 g/mol. The van der Waals surface area contributed by atoms with Gasteiger partial charge in [0.05, 0.1) is 0 Å². The molecular weight excluding hydrogens is 343 g/mol. The van der Waals surface area contributed by atoms with E-state index in [1.54, 1.807) is 0 Å². The topological polar surface area (TPSA) is 9.23 Å². The Labute approximate surface area is 115 Å². The third-order valence-corrected chi connectivity index (χ3v) is 9.59. The number of rotatable bonds is 4. The molecule has 0 spiro atoms. The van der Waals surface area contributed by atoms with Crippen molar-refractivity contribution in [3.63, 3.8) is 0 Å². The zero-order valence-corrected chi connectivity index (χ0v) is 13.0. The van der Waals surface area contributed by atoms with E-state index < -0.39 is 4.72 Å². The van der Waals surface area contributed by atoms with Crippen molar-refractivity contribution in [3.8, 4) is 0 Å². The molecular formula is C14H15OPTe. The standard InChI is InChI=1S/C14H15OPTe/c1-2-15-16(17,13-9-5-3-6-10-13)14-11-7-4-8-12-14/h3-12H,2H2,1H3. The predicted molar refractivity (Wildman–Crippen MR) is 76.5 cm³/mol. The van der Waals surface area contributed by atoms with E-state index in [0.717, 1.165) is 6.61 Å². The minimum absolute atomic E-state index is 0.747. The van der Waals surface area contributed by atoms with Gasteiger partial charge < -0.3 is 0 Å². The Kier molecular flexibility index (Phi) is 4.60. The van der Waals surface area contributed by atoms with Gasteiger partial charge in [0.1, 0.15) is 0 Å². The Morgan fingerprint density at radius 3 is 1.65 bits per heavy atom. The van der Waals surface area contributed by atoms with Gasteiger partial charge in [0.2, 0.25) is 0 Å². The zero-order chi connectivity index (χ0) is 12.1. The van der Waals surface area contributed by atoms with Crippen molar-refractivity contribution in [1.29, 1.82) is 0 Å². The maximum absolute atomic E-state index is 6.12. The average Bonchev–Trinajstić information content (AvgIpc) is 2.41. The molecule has 0 aromatic heterocycles. The van der Waals surface area contributed by atoms with Gasteiger partial charge >= 0.3 is 115 Å². The molecule has 0 saturated heterocycles. The Hall–Kier alpha value is -0.380. The van der Waals surface area contributed by atoms with Crippen LogP contribution in [0.1, 0.15) is 6.92 Å². The molecule has 0 heterocycles. The van der Waals surface area contributed by atoms with E-state index in [0.29, 0.717) is 0 Å². The first kappa shape index (κ1) is 13.1. The van der Waals surface area contributed by atoms with E-state index in [1.807, 2.05) is 12.1 Å². The molecule has 3 heteroatoms. The van der Waals surface area contributed by atoms with Crippen LogP contribution in [-0.2, 0) is 4.52 Å². The van der Waals surface area contributed by atoms with E-state index in [1.165, 1.54) is 10.6 Å². The zero-order valence-electron chi connectivity index (χ0n) is 9.74. The normalized spacial score (nSPS) is 11.4. The van der Waals surface area contributed by atoms with Crippen molar-refractivity contribution in [2.75, 3.05) is 6.61 Å². The maximum atomic E-state index is 6.12. The third-order valence-electron chi connectivity index (χ3n) is 2.50. The summed E-state index contributed by atoms with van der Waals surface area (Å²) in [4.78, 5) is 0. The molecule has 17 heavy (non-hydrogen) atoms. The molecule has 0 amide bonds. The summed E-state index contributed by atoms with van der Waals surface area (Å²) in [6.07, 6.45) is 0. The first-order valence-electron chi connectivity index (χ1n) is 5.63. The van der Waals surface area contributed by atoms with Crippen molar-refractivity contribution < 1.29 is 4.52 Å². The summed E-state index contributed by atoms with van der Waals surface area (Å²) in [6, 6.07) is 21.1. The van der Waals surface area contributed by atoms with Gasteiger partial charge in [-0.15, -0.1) is 0 Å². The van der Waals surface area contributed by atoms with Crippen LogP contribution in [0, 0.1) is 0 Å². The van der Waals surface area contributed by atoms with Crippen LogP contribution in [0.15, 0.2) is 60.7 Å². The molecule has 2 aromatic carbocycles. The van der Waals surface area contributed by atoms with Gasteiger partial charge in [-0.1, -0.05) is 0 Å². The summed E-state index contributed by atoms with van der Waals surface area (Å²) in [5, 5.41) is 2.61. The van der Waals surface area contributed by atoms with Crippen LogP contribution >= 0.6 is 4.72 Å². The van der Waals surface area contributed by atoms with Crippen LogP contribution in [0.4, 0.5) is 0 Å². The fraction of sp³-hybridized carbons (Fsp3) is 0.143. The van der Waals surface area contributed by atoms with Crippen molar-refractivity contribution >= 4 is 36.6 Å². The van der Waals surface area contributed by atoms with Gasteiger partial charge in [-0.05, 0) is 0 Å². The van der Waals surface area contributed by atoms with E-state index in [2.05, 4.69) is 76.7 Å². The Balaban J connectivity index is 2.51. The molecule has 0 N–H and O–H groups in total. The van der Waals surface area contributed by atoms with Crippen LogP contribution in [0.2, 0.25) is 0 Å². The second-order valence-electron chi connectivity index (χ2n) is 3.64. The van der Waals surface area contributed by atoms with Crippen molar-refractivity contribution in [1.82, 2.24) is 0 Å². The van der Waals surface area contributed by atoms with Crippen LogP contribution in [-0.4, -0.2) is 27.8 Å². The molecule has 0 aliphatic rings. The van der Waals surface area contributed by atoms with Crippen LogP contribution in [0.25, 0.3) is 0 Å². The Morgan fingerprint density at radius 2 is 1.29 bits per heavy atom. The van der Waals surface area contributed by atoms with E-state index in [4.69, 9.17) is 4.52 Å². The molecule has 0 unspecified atom stereocenters. The number of hydrogen-bond donors (Lipinski definition) is 0. The quantitative estimate of drug-likeness (QED) is 0.604. The number of hydrogen-bond acceptors (Lipinski definition) is 1. The van der Waals surface area contributed by atoms with Gasteiger partial charge in [-0.25, -0.2) is 0 Å². The third kappa shape index (κ3) is 2.90. The second kappa shape index (κ2) is 5.98. The van der Waals surface area contributed by atoms with Crippen molar-refractivity contribution in [2.24, 2.45) is 0 Å². The van der Waals surface area contributed by atoms with E-state index in [-0.39, 0.29) is 0 Å². The van der Waals surface area contributed by atoms with E-state index >= 15 is 0 Å². The molecule has 88 valence electrons. The predicted octanol–water partition coefficient (Wildman–Crippen LogP) is 2.69. The molecule has 0 atom stereocenters. The molecule has 0 aliphatic carbocycles. The summed E-state index contributed by atoms with van der Waals surface area (Å²) in [6.45, 7) is 2.81. The monoisotopic (exact) mass is 360 g/mol. The molecule has 0 saturated carbocycles. The van der Waals surface area contributed by atoms with Gasteiger partial charge in [0.25, 0.3) is 0 Å². The minimum atomic E-state index is -1.66. The molecule has 0 radical (unpaired) electrons. The molecule has 0 aliphatic heterocycles. The van der Waals surface area contributed by atoms with Gasteiger partial charge in [-0.3, -0.25) is 0 Å². The van der Waals surface area contributed by atoms with Crippen LogP contribution in [0.5, 0.6) is 0 Å². The number of benzene rings is 2. The Bertz CT molecular complexity index is 467. The second-order valence-corrected chi connectivity index (χ2v) is 10.4. The molecule has 0 fully saturated rings. The molecule has 2 aromatic rings. The summed E-state index contributed by atoms with van der Waals surface area (Å²) in [5.74, 6) is 0. The van der Waals surface area contributed by atoms with Crippen LogP contribution in [0.3, 0.4) is 0 Å². The summed E-state index contributed by atoms with van der Waals surface area (Å²) in [7, 11) is 0. The molecule has 2 rings (SSSR count). The molecule has 1 nitrogen and oxygen atoms in total. The van der Waals surface area contributed by atoms with Crippen molar-refractivity contribution in [2.45, 2.75) is 6.92 Å². The summed E-state index contributed by atoms with van der Waals surface area (Å²) < 4.78 is 4.45. The van der Waals surface area contributed by atoms with Crippen LogP contribution < -0.4 is 10.6 Å². The van der Waals surface area contributed by atoms with E-state index in [9.17, 15) is 0 Å². The van der Waals surface area contributed by atoms with Gasteiger partial charge in [0, 0.05) is 0 Å². The fourth-order valence-corrected chi connectivity index (χ4v) is 6.80. The summed E-state index contributed by atoms with van der Waals surface area (Å²) >= 11 is 2.15. The molecule has 0 bridgehead atoms. The summed E-state index contributed by atoms with van der Waals surface area (Å²) in [5.41, 5.74) is 0. The fourth-order valence-electron chi connectivity index (χ4n) is 1.73. The van der Waals surface area contributed by atoms with Crippen molar-refractivity contribution in [3.05, 3.63) is 60.7 Å². The Morgan fingerprint density at radius 1 is 0.882 bits per heavy atom. The first-order valence-corrected chi connectivity index (χ1v) is 10.4.